The average molecular weight is 517 g/mol. The summed E-state index contributed by atoms with van der Waals surface area (Å²) in [7, 11) is 0. The van der Waals surface area contributed by atoms with E-state index in [4.69, 9.17) is 4.98 Å². The molecule has 2 aromatic rings. The topological polar surface area (TPSA) is 44.5 Å². The lowest BCUT2D eigenvalue weighted by Gasteiger charge is -2.55. The Kier molecular flexibility index (Phi) is 7.02. The molecule has 5 aliphatic rings. The lowest BCUT2D eigenvalue weighted by molar-refractivity contribution is -0.0421. The molecule has 38 heavy (non-hydrogen) atoms. The molecule has 7 rings (SSSR count). The monoisotopic (exact) mass is 516 g/mol. The van der Waals surface area contributed by atoms with Crippen LogP contribution in [0.5, 0.6) is 0 Å². The Labute approximate surface area is 229 Å². The highest BCUT2D eigenvalue weighted by atomic mass is 16.3. The normalized spacial score (nSPS) is 35.3. The number of piperidine rings is 3. The second-order valence-corrected chi connectivity index (χ2v) is 13.6. The van der Waals surface area contributed by atoms with Crippen molar-refractivity contribution in [2.45, 2.75) is 120 Å². The SMILES string of the molecule is C=C(O)CN1CCC(c2nc3ccccc3n2[C@H]2C[C@H]3CCC[C@@H](C2)N3[C@@H]2C[C@@H]3CCCC[C@@H](C3)C2)CC1. The van der Waals surface area contributed by atoms with Crippen LogP contribution in [0.1, 0.15) is 108 Å². The minimum Gasteiger partial charge on any atom is -0.512 e. The van der Waals surface area contributed by atoms with Gasteiger partial charge in [-0.15, -0.1) is 0 Å². The number of likely N-dealkylation sites (tertiary alicyclic amines) is 1. The number of para-hydroxylation sites is 2. The summed E-state index contributed by atoms with van der Waals surface area (Å²) < 4.78 is 2.73. The minimum absolute atomic E-state index is 0.284. The number of rotatable bonds is 5. The number of benzene rings is 1. The average Bonchev–Trinajstić information content (AvgIpc) is 3.21. The molecule has 0 amide bonds. The van der Waals surface area contributed by atoms with Crippen LogP contribution in [0.25, 0.3) is 11.0 Å². The van der Waals surface area contributed by atoms with Crippen molar-refractivity contribution in [1.82, 2.24) is 19.4 Å². The lowest BCUT2D eigenvalue weighted by Crippen LogP contribution is -2.58. The van der Waals surface area contributed by atoms with Gasteiger partial charge in [-0.05, 0) is 94.8 Å². The number of fused-ring (bicyclic) bond motifs is 5. The van der Waals surface area contributed by atoms with Crippen LogP contribution in [0.2, 0.25) is 0 Å². The molecule has 1 aromatic carbocycles. The van der Waals surface area contributed by atoms with Crippen LogP contribution < -0.4 is 0 Å². The van der Waals surface area contributed by atoms with Crippen LogP contribution in [-0.2, 0) is 0 Å². The van der Waals surface area contributed by atoms with Gasteiger partial charge in [-0.2, -0.15) is 0 Å². The Morgan fingerprint density at radius 2 is 1.47 bits per heavy atom. The molecule has 0 spiro atoms. The summed E-state index contributed by atoms with van der Waals surface area (Å²) >= 11 is 0. The van der Waals surface area contributed by atoms with Crippen molar-refractivity contribution in [3.8, 4) is 0 Å². The van der Waals surface area contributed by atoms with Gasteiger partial charge in [0, 0.05) is 30.1 Å². The summed E-state index contributed by atoms with van der Waals surface area (Å²) in [4.78, 5) is 10.8. The third-order valence-corrected chi connectivity index (χ3v) is 11.1. The molecule has 5 heteroatoms. The number of aromatic nitrogens is 2. The first-order valence-electron chi connectivity index (χ1n) is 16.0. The van der Waals surface area contributed by atoms with Crippen LogP contribution in [0.3, 0.4) is 0 Å². The molecule has 2 aliphatic carbocycles. The van der Waals surface area contributed by atoms with Gasteiger partial charge in [-0.3, -0.25) is 9.80 Å². The number of imidazole rings is 1. The summed E-state index contributed by atoms with van der Waals surface area (Å²) in [5.74, 6) is 4.13. The molecule has 0 radical (unpaired) electrons. The van der Waals surface area contributed by atoms with Crippen molar-refractivity contribution in [2.75, 3.05) is 19.6 Å². The van der Waals surface area contributed by atoms with Gasteiger partial charge >= 0.3 is 0 Å². The first-order valence-corrected chi connectivity index (χ1v) is 16.0. The Bertz CT molecular complexity index is 1110. The van der Waals surface area contributed by atoms with E-state index in [0.29, 0.717) is 18.5 Å². The first kappa shape index (κ1) is 25.1. The fourth-order valence-electron chi connectivity index (χ4n) is 9.65. The largest absolute Gasteiger partial charge is 0.512 e. The number of hydrogen-bond donors (Lipinski definition) is 1. The van der Waals surface area contributed by atoms with Crippen molar-refractivity contribution in [3.63, 3.8) is 0 Å². The summed E-state index contributed by atoms with van der Waals surface area (Å²) in [5.41, 5.74) is 2.53. The molecule has 5 nitrogen and oxygen atoms in total. The van der Waals surface area contributed by atoms with Crippen LogP contribution >= 0.6 is 0 Å². The molecule has 3 aliphatic heterocycles. The number of hydrogen-bond acceptors (Lipinski definition) is 4. The van der Waals surface area contributed by atoms with Crippen LogP contribution in [0.15, 0.2) is 36.6 Å². The highest BCUT2D eigenvalue weighted by molar-refractivity contribution is 5.76. The van der Waals surface area contributed by atoms with Crippen molar-refractivity contribution < 1.29 is 5.11 Å². The Morgan fingerprint density at radius 3 is 2.16 bits per heavy atom. The summed E-state index contributed by atoms with van der Waals surface area (Å²) in [6.45, 7) is 6.35. The van der Waals surface area contributed by atoms with E-state index in [1.54, 1.807) is 0 Å². The van der Waals surface area contributed by atoms with E-state index in [1.165, 1.54) is 93.9 Å². The summed E-state index contributed by atoms with van der Waals surface area (Å²) in [5, 5.41) is 9.69. The van der Waals surface area contributed by atoms with Crippen molar-refractivity contribution in [1.29, 1.82) is 0 Å². The number of aliphatic hydroxyl groups excluding tert-OH is 1. The minimum atomic E-state index is 0.284. The highest BCUT2D eigenvalue weighted by Gasteiger charge is 2.45. The van der Waals surface area contributed by atoms with Crippen molar-refractivity contribution >= 4 is 11.0 Å². The molecule has 0 unspecified atom stereocenters. The van der Waals surface area contributed by atoms with Gasteiger partial charge < -0.3 is 9.67 Å². The maximum atomic E-state index is 9.69. The molecule has 5 fully saturated rings. The third kappa shape index (κ3) is 4.83. The molecule has 2 saturated carbocycles. The molecule has 4 heterocycles. The second-order valence-electron chi connectivity index (χ2n) is 13.6. The Morgan fingerprint density at radius 1 is 0.789 bits per heavy atom. The van der Waals surface area contributed by atoms with E-state index in [0.717, 1.165) is 55.9 Å². The van der Waals surface area contributed by atoms with Gasteiger partial charge in [0.1, 0.15) is 5.82 Å². The van der Waals surface area contributed by atoms with Crippen LogP contribution in [0, 0.1) is 11.8 Å². The van der Waals surface area contributed by atoms with Crippen molar-refractivity contribution in [3.05, 3.63) is 42.4 Å². The molecule has 1 N–H and O–H groups in total. The van der Waals surface area contributed by atoms with E-state index < -0.39 is 0 Å². The second kappa shape index (κ2) is 10.6. The zero-order valence-corrected chi connectivity index (χ0v) is 23.3. The van der Waals surface area contributed by atoms with E-state index in [1.807, 2.05) is 0 Å². The first-order chi connectivity index (χ1) is 18.6. The molecule has 206 valence electrons. The van der Waals surface area contributed by atoms with Gasteiger partial charge in [-0.25, -0.2) is 4.98 Å². The number of aliphatic hydroxyl groups is 1. The fourth-order valence-corrected chi connectivity index (χ4v) is 9.65. The molecule has 3 saturated heterocycles. The zero-order chi connectivity index (χ0) is 25.6. The maximum Gasteiger partial charge on any atom is 0.113 e. The van der Waals surface area contributed by atoms with Gasteiger partial charge in [0.2, 0.25) is 0 Å². The molecular weight excluding hydrogens is 468 g/mol. The predicted octanol–water partition coefficient (Wildman–Crippen LogP) is 7.20. The molecule has 1 aromatic heterocycles. The third-order valence-electron chi connectivity index (χ3n) is 11.1. The highest BCUT2D eigenvalue weighted by Crippen LogP contribution is 2.48. The standard InChI is InChI=1S/C33H48N4O/c1-23(38)22-35-15-13-26(14-16-35)33-34-31-11-4-5-12-32(31)37(33)30-20-27-9-6-10-28(21-30)36(27)29-18-24-7-2-3-8-25(17-24)19-29/h4-5,11-12,24-30,38H,1-3,6-10,13-22H2/t24-,25+,27-,28+,29-,30+. The van der Waals surface area contributed by atoms with E-state index in [2.05, 4.69) is 45.2 Å². The zero-order valence-electron chi connectivity index (χ0n) is 23.3. The smallest absolute Gasteiger partial charge is 0.113 e. The Hall–Kier alpha value is -1.85. The molecule has 4 bridgehead atoms. The van der Waals surface area contributed by atoms with E-state index in [-0.39, 0.29) is 5.76 Å². The number of nitrogens with zero attached hydrogens (tertiary/aromatic N) is 4. The van der Waals surface area contributed by atoms with Gasteiger partial charge in [-0.1, -0.05) is 50.8 Å². The van der Waals surface area contributed by atoms with E-state index >= 15 is 0 Å². The van der Waals surface area contributed by atoms with E-state index in [9.17, 15) is 5.11 Å². The van der Waals surface area contributed by atoms with Crippen LogP contribution in [-0.4, -0.2) is 62.2 Å². The predicted molar refractivity (Wildman–Crippen MR) is 155 cm³/mol. The summed E-state index contributed by atoms with van der Waals surface area (Å²) in [6, 6.07) is 11.8. The molecular formula is C33H48N4O. The van der Waals surface area contributed by atoms with Crippen LogP contribution in [0.4, 0.5) is 0 Å². The molecule has 6 atom stereocenters. The van der Waals surface area contributed by atoms with Gasteiger partial charge in [0.05, 0.1) is 23.3 Å². The Balaban J connectivity index is 1.14. The fraction of sp³-hybridized carbons (Fsp3) is 0.727. The lowest BCUT2D eigenvalue weighted by atomic mass is 9.73. The maximum absolute atomic E-state index is 9.69. The van der Waals surface area contributed by atoms with Crippen molar-refractivity contribution in [2.24, 2.45) is 11.8 Å². The van der Waals surface area contributed by atoms with Gasteiger partial charge in [0.25, 0.3) is 0 Å². The quantitative estimate of drug-likeness (QED) is 0.427. The summed E-state index contributed by atoms with van der Waals surface area (Å²) in [6.07, 6.45) is 19.5. The van der Waals surface area contributed by atoms with Gasteiger partial charge in [0.15, 0.2) is 0 Å².